The maximum Gasteiger partial charge on any atom is 0.278 e. The maximum atomic E-state index is 14.0. The second kappa shape index (κ2) is 15.5. The van der Waals surface area contributed by atoms with E-state index in [-0.39, 0.29) is 45.8 Å². The van der Waals surface area contributed by atoms with Crippen molar-refractivity contribution in [1.82, 2.24) is 29.7 Å². The number of aliphatic hydroxyl groups excluding tert-OH is 2. The number of carbonyl (C=O) groups is 4. The summed E-state index contributed by atoms with van der Waals surface area (Å²) in [6, 6.07) is 23.0. The number of benzene rings is 3. The van der Waals surface area contributed by atoms with Crippen LogP contribution in [0.3, 0.4) is 0 Å². The molecule has 1 saturated heterocycles. The van der Waals surface area contributed by atoms with Crippen molar-refractivity contribution < 1.29 is 39.0 Å². The van der Waals surface area contributed by atoms with Gasteiger partial charge in [-0.05, 0) is 42.8 Å². The van der Waals surface area contributed by atoms with E-state index in [1.54, 1.807) is 84.9 Å². The van der Waals surface area contributed by atoms with Crippen molar-refractivity contribution in [2.75, 3.05) is 18.1 Å². The minimum absolute atomic E-state index is 0.0575. The highest BCUT2D eigenvalue weighted by Crippen LogP contribution is 2.37. The van der Waals surface area contributed by atoms with Gasteiger partial charge in [-0.25, -0.2) is 19.9 Å². The third kappa shape index (κ3) is 6.71. The van der Waals surface area contributed by atoms with Gasteiger partial charge >= 0.3 is 0 Å². The standard InChI is InChI=1S/C38H37N7O8/c1-2-3-4-13-20-43(45-36(50)26-18-11-12-19-27(26)37(45)51)53-31-30(47)28(21-46)52-38(31)42-23-41-29-32(42)39-22-40-33(29)44(34(48)24-14-7-5-8-15-24)35(49)25-16-9-6-10-17-25/h5-12,14-19,22-23,28,30-31,38,46-47H,2-4,13,20-21H2,1H3/t28-,30-,31-,38-/m1/s1. The fourth-order valence-corrected chi connectivity index (χ4v) is 6.49. The number of imidazole rings is 1. The van der Waals surface area contributed by atoms with Crippen molar-refractivity contribution in [3.8, 4) is 0 Å². The monoisotopic (exact) mass is 719 g/mol. The number of hydroxylamine groups is 1. The van der Waals surface area contributed by atoms with E-state index in [9.17, 15) is 29.4 Å². The molecule has 53 heavy (non-hydrogen) atoms. The van der Waals surface area contributed by atoms with Crippen LogP contribution in [0.4, 0.5) is 5.82 Å². The smallest absolute Gasteiger partial charge is 0.278 e. The number of ether oxygens (including phenoxy) is 1. The fourth-order valence-electron chi connectivity index (χ4n) is 6.49. The normalized spacial score (nSPS) is 19.7. The van der Waals surface area contributed by atoms with E-state index in [4.69, 9.17) is 9.57 Å². The minimum atomic E-state index is -1.44. The van der Waals surface area contributed by atoms with Gasteiger partial charge in [0.05, 0.1) is 24.1 Å². The van der Waals surface area contributed by atoms with E-state index < -0.39 is 54.8 Å². The van der Waals surface area contributed by atoms with Gasteiger partial charge in [0.25, 0.3) is 23.6 Å². The van der Waals surface area contributed by atoms with E-state index in [1.807, 2.05) is 0 Å². The van der Waals surface area contributed by atoms with Crippen LogP contribution in [0, 0.1) is 0 Å². The number of hydrogen-bond acceptors (Lipinski definition) is 12. The van der Waals surface area contributed by atoms with Crippen molar-refractivity contribution in [1.29, 1.82) is 0 Å². The summed E-state index contributed by atoms with van der Waals surface area (Å²) in [6.07, 6.45) is 0.633. The SMILES string of the molecule is CCCCCCN(O[C@@H]1[C@H](O)[C@@H](CO)O[C@H]1n1cnc2c(N(C(=O)c3ccccc3)C(=O)c3ccccc3)ncnc21)N1C(=O)c2ccccc2C1=O. The van der Waals surface area contributed by atoms with Crippen LogP contribution in [0.25, 0.3) is 11.2 Å². The van der Waals surface area contributed by atoms with Crippen molar-refractivity contribution in [3.63, 3.8) is 0 Å². The van der Waals surface area contributed by atoms with Crippen LogP contribution in [0.5, 0.6) is 0 Å². The molecule has 2 N–H and O–H groups in total. The second-order valence-electron chi connectivity index (χ2n) is 12.6. The highest BCUT2D eigenvalue weighted by atomic mass is 16.7. The Morgan fingerprint density at radius 3 is 2.02 bits per heavy atom. The van der Waals surface area contributed by atoms with E-state index in [0.717, 1.165) is 34.3 Å². The fraction of sp³-hybridized carbons (Fsp3) is 0.289. The molecule has 1 fully saturated rings. The Labute approximate surface area is 303 Å². The van der Waals surface area contributed by atoms with Gasteiger partial charge in [-0.1, -0.05) is 79.9 Å². The van der Waals surface area contributed by atoms with Crippen LogP contribution in [0.2, 0.25) is 0 Å². The summed E-state index contributed by atoms with van der Waals surface area (Å²) < 4.78 is 7.55. The lowest BCUT2D eigenvalue weighted by molar-refractivity contribution is -0.295. The molecule has 4 heterocycles. The molecule has 0 bridgehead atoms. The third-order valence-electron chi connectivity index (χ3n) is 9.21. The van der Waals surface area contributed by atoms with E-state index in [0.29, 0.717) is 6.42 Å². The molecule has 0 saturated carbocycles. The Morgan fingerprint density at radius 1 is 0.830 bits per heavy atom. The van der Waals surface area contributed by atoms with Crippen molar-refractivity contribution in [2.24, 2.45) is 0 Å². The molecule has 2 aromatic heterocycles. The van der Waals surface area contributed by atoms with Crippen LogP contribution < -0.4 is 4.90 Å². The van der Waals surface area contributed by atoms with Crippen molar-refractivity contribution in [2.45, 2.75) is 57.1 Å². The highest BCUT2D eigenvalue weighted by molar-refractivity contribution is 6.27. The second-order valence-corrected chi connectivity index (χ2v) is 12.6. The van der Waals surface area contributed by atoms with Crippen LogP contribution in [0.15, 0.2) is 97.6 Å². The zero-order valence-electron chi connectivity index (χ0n) is 28.8. The molecule has 0 aliphatic carbocycles. The Kier molecular flexibility index (Phi) is 10.4. The Balaban J connectivity index is 1.27. The molecule has 272 valence electrons. The molecule has 15 nitrogen and oxygen atoms in total. The maximum absolute atomic E-state index is 14.0. The third-order valence-corrected chi connectivity index (χ3v) is 9.21. The van der Waals surface area contributed by atoms with E-state index >= 15 is 0 Å². The summed E-state index contributed by atoms with van der Waals surface area (Å²) in [4.78, 5) is 75.7. The highest BCUT2D eigenvalue weighted by Gasteiger charge is 2.50. The Bertz CT molecular complexity index is 2040. The first-order valence-corrected chi connectivity index (χ1v) is 17.4. The quantitative estimate of drug-likeness (QED) is 0.102. The van der Waals surface area contributed by atoms with Gasteiger partial charge in [0.2, 0.25) is 0 Å². The number of rotatable bonds is 13. The van der Waals surface area contributed by atoms with Gasteiger partial charge in [-0.3, -0.25) is 28.6 Å². The predicted molar refractivity (Wildman–Crippen MR) is 189 cm³/mol. The molecular formula is C38H37N7O8. The van der Waals surface area contributed by atoms with Crippen LogP contribution in [-0.4, -0.2) is 95.0 Å². The number of carbonyl (C=O) groups excluding carboxylic acids is 4. The number of imide groups is 2. The van der Waals surface area contributed by atoms with Crippen LogP contribution in [-0.2, 0) is 9.57 Å². The summed E-state index contributed by atoms with van der Waals surface area (Å²) in [7, 11) is 0. The Hall–Kier alpha value is -5.71. The molecular weight excluding hydrogens is 682 g/mol. The van der Waals surface area contributed by atoms with Gasteiger partial charge in [-0.2, -0.15) is 5.01 Å². The summed E-state index contributed by atoms with van der Waals surface area (Å²) >= 11 is 0. The number of amides is 4. The topological polar surface area (TPSA) is 181 Å². The number of nitrogens with zero attached hydrogens (tertiary/aromatic N) is 7. The zero-order chi connectivity index (χ0) is 37.1. The van der Waals surface area contributed by atoms with Gasteiger partial charge in [0.15, 0.2) is 29.3 Å². The van der Waals surface area contributed by atoms with E-state index in [2.05, 4.69) is 21.9 Å². The van der Waals surface area contributed by atoms with E-state index in [1.165, 1.54) is 17.2 Å². The average molecular weight is 720 g/mol. The number of anilines is 1. The van der Waals surface area contributed by atoms with Crippen molar-refractivity contribution in [3.05, 3.63) is 120 Å². The first-order valence-electron chi connectivity index (χ1n) is 17.4. The lowest BCUT2D eigenvalue weighted by atomic mass is 10.1. The molecule has 2 aliphatic rings. The average Bonchev–Trinajstić information content (AvgIpc) is 3.84. The van der Waals surface area contributed by atoms with Gasteiger partial charge in [0, 0.05) is 17.7 Å². The summed E-state index contributed by atoms with van der Waals surface area (Å²) in [5.41, 5.74) is 1.08. The molecule has 15 heteroatoms. The number of hydrazine groups is 1. The molecule has 4 amide bonds. The van der Waals surface area contributed by atoms with Gasteiger partial charge in [0.1, 0.15) is 18.5 Å². The molecule has 0 spiro atoms. The Morgan fingerprint density at radius 2 is 1.43 bits per heavy atom. The summed E-state index contributed by atoms with van der Waals surface area (Å²) in [5.74, 6) is -2.57. The number of unbranched alkanes of at least 4 members (excludes halogenated alkanes) is 3. The molecule has 4 atom stereocenters. The summed E-state index contributed by atoms with van der Waals surface area (Å²) in [6.45, 7) is 1.60. The largest absolute Gasteiger partial charge is 0.394 e. The lowest BCUT2D eigenvalue weighted by Gasteiger charge is -2.33. The lowest BCUT2D eigenvalue weighted by Crippen LogP contribution is -2.51. The number of fused-ring (bicyclic) bond motifs is 2. The molecule has 2 aliphatic heterocycles. The molecule has 0 radical (unpaired) electrons. The summed E-state index contributed by atoms with van der Waals surface area (Å²) in [5, 5.41) is 23.7. The molecule has 3 aromatic carbocycles. The first-order chi connectivity index (χ1) is 25.8. The van der Waals surface area contributed by atoms with Gasteiger partial charge in [-0.15, -0.1) is 0 Å². The van der Waals surface area contributed by atoms with Crippen LogP contribution >= 0.6 is 0 Å². The van der Waals surface area contributed by atoms with Crippen LogP contribution in [0.1, 0.15) is 80.3 Å². The number of aromatic nitrogens is 4. The first kappa shape index (κ1) is 35.7. The van der Waals surface area contributed by atoms with Gasteiger partial charge < -0.3 is 14.9 Å². The number of aliphatic hydroxyl groups is 2. The van der Waals surface area contributed by atoms with Crippen molar-refractivity contribution >= 4 is 40.6 Å². The minimum Gasteiger partial charge on any atom is -0.394 e. The predicted octanol–water partition coefficient (Wildman–Crippen LogP) is 3.96. The number of hydrogen-bond donors (Lipinski definition) is 2. The zero-order valence-corrected chi connectivity index (χ0v) is 28.8. The molecule has 0 unspecified atom stereocenters. The molecule has 5 aromatic rings. The molecule has 7 rings (SSSR count).